The molecule has 2 amide bonds. The fraction of sp³-hybridized carbons (Fsp3) is 0.393. The Labute approximate surface area is 238 Å². The number of anilines is 6. The van der Waals surface area contributed by atoms with Crippen LogP contribution in [0.1, 0.15) is 19.3 Å². The molecule has 0 unspecified atom stereocenters. The minimum Gasteiger partial charge on any atom is -0.495 e. The van der Waals surface area contributed by atoms with E-state index in [-0.39, 0.29) is 6.03 Å². The summed E-state index contributed by atoms with van der Waals surface area (Å²) in [6.45, 7) is 4.55. The van der Waals surface area contributed by atoms with Gasteiger partial charge in [0.15, 0.2) is 5.82 Å². The second kappa shape index (κ2) is 12.9. The number of carbonyl (C=O) groups is 1. The summed E-state index contributed by atoms with van der Waals surface area (Å²) in [4.78, 5) is 25.6. The number of nitrogens with zero attached hydrogens (tertiary/aromatic N) is 4. The minimum absolute atomic E-state index is 0.103. The van der Waals surface area contributed by atoms with Gasteiger partial charge in [-0.15, -0.1) is 0 Å². The molecule has 0 bridgehead atoms. The van der Waals surface area contributed by atoms with Gasteiger partial charge >= 0.3 is 6.03 Å². The molecule has 5 rings (SSSR count). The second-order valence-corrected chi connectivity index (χ2v) is 9.93. The zero-order valence-electron chi connectivity index (χ0n) is 22.7. The van der Waals surface area contributed by atoms with Crippen LogP contribution in [0.15, 0.2) is 42.6 Å². The minimum atomic E-state index is -0.103. The van der Waals surface area contributed by atoms with E-state index in [0.717, 1.165) is 62.6 Å². The summed E-state index contributed by atoms with van der Waals surface area (Å²) in [5.74, 6) is 2.04. The molecule has 0 radical (unpaired) electrons. The number of morpholine rings is 1. The number of piperidine rings is 1. The summed E-state index contributed by atoms with van der Waals surface area (Å²) in [5.41, 5.74) is 3.07. The van der Waals surface area contributed by atoms with E-state index in [1.807, 2.05) is 35.2 Å². The normalized spacial score (nSPS) is 15.4. The smallest absolute Gasteiger partial charge is 0.321 e. The predicted molar refractivity (Wildman–Crippen MR) is 157 cm³/mol. The number of urea groups is 1. The number of halogens is 1. The van der Waals surface area contributed by atoms with Gasteiger partial charge in [0.25, 0.3) is 0 Å². The van der Waals surface area contributed by atoms with E-state index >= 15 is 0 Å². The van der Waals surface area contributed by atoms with E-state index in [4.69, 9.17) is 25.8 Å². The van der Waals surface area contributed by atoms with Gasteiger partial charge in [-0.2, -0.15) is 4.98 Å². The monoisotopic (exact) mass is 567 g/mol. The van der Waals surface area contributed by atoms with Gasteiger partial charge in [0, 0.05) is 49.7 Å². The lowest BCUT2D eigenvalue weighted by Gasteiger charge is -2.30. The van der Waals surface area contributed by atoms with Crippen LogP contribution in [0, 0.1) is 0 Å². The van der Waals surface area contributed by atoms with Crippen molar-refractivity contribution in [2.75, 3.05) is 74.5 Å². The third kappa shape index (κ3) is 6.60. The molecular weight excluding hydrogens is 534 g/mol. The number of methoxy groups -OCH3 is 2. The lowest BCUT2D eigenvalue weighted by atomic mass is 10.1. The molecule has 11 nitrogen and oxygen atoms in total. The molecule has 0 spiro atoms. The van der Waals surface area contributed by atoms with Crippen molar-refractivity contribution in [1.29, 1.82) is 0 Å². The number of ether oxygens (including phenoxy) is 3. The van der Waals surface area contributed by atoms with Crippen LogP contribution in [0.3, 0.4) is 0 Å². The fourth-order valence-corrected chi connectivity index (χ4v) is 4.90. The van der Waals surface area contributed by atoms with Gasteiger partial charge in [-0.05, 0) is 43.5 Å². The zero-order valence-corrected chi connectivity index (χ0v) is 23.5. The van der Waals surface area contributed by atoms with Gasteiger partial charge in [-0.3, -0.25) is 0 Å². The molecule has 2 fully saturated rings. The number of nitrogens with one attached hydrogen (secondary N) is 3. The maximum absolute atomic E-state index is 12.6. The Morgan fingerprint density at radius 2 is 1.65 bits per heavy atom. The van der Waals surface area contributed by atoms with Crippen molar-refractivity contribution in [3.8, 4) is 11.5 Å². The first-order valence-corrected chi connectivity index (χ1v) is 13.7. The van der Waals surface area contributed by atoms with E-state index in [2.05, 4.69) is 30.8 Å². The summed E-state index contributed by atoms with van der Waals surface area (Å²) < 4.78 is 16.7. The Balaban J connectivity index is 1.29. The van der Waals surface area contributed by atoms with Crippen molar-refractivity contribution in [2.45, 2.75) is 19.3 Å². The summed E-state index contributed by atoms with van der Waals surface area (Å²) in [7, 11) is 3.22. The molecule has 2 aliphatic rings. The Kier molecular flexibility index (Phi) is 8.92. The van der Waals surface area contributed by atoms with E-state index in [9.17, 15) is 4.79 Å². The highest BCUT2D eigenvalue weighted by molar-refractivity contribution is 6.32. The van der Waals surface area contributed by atoms with Crippen molar-refractivity contribution < 1.29 is 19.0 Å². The number of likely N-dealkylation sites (tertiary alicyclic amines) is 1. The van der Waals surface area contributed by atoms with Gasteiger partial charge in [-0.1, -0.05) is 11.6 Å². The number of benzene rings is 2. The molecule has 212 valence electrons. The van der Waals surface area contributed by atoms with Crippen molar-refractivity contribution >= 4 is 52.1 Å². The van der Waals surface area contributed by atoms with Crippen LogP contribution >= 0.6 is 11.6 Å². The van der Waals surface area contributed by atoms with Gasteiger partial charge in [0.2, 0.25) is 5.95 Å². The molecular formula is C28H34ClN7O4. The molecule has 2 saturated heterocycles. The van der Waals surface area contributed by atoms with E-state index < -0.39 is 0 Å². The van der Waals surface area contributed by atoms with Crippen LogP contribution in [0.4, 0.5) is 39.3 Å². The summed E-state index contributed by atoms with van der Waals surface area (Å²) in [6, 6.07) is 11.2. The van der Waals surface area contributed by atoms with Crippen LogP contribution in [0.25, 0.3) is 0 Å². The largest absolute Gasteiger partial charge is 0.495 e. The Morgan fingerprint density at radius 1 is 0.925 bits per heavy atom. The first kappa shape index (κ1) is 27.6. The molecule has 3 heterocycles. The fourth-order valence-electron chi connectivity index (χ4n) is 4.76. The summed E-state index contributed by atoms with van der Waals surface area (Å²) in [5, 5.41) is 9.77. The molecule has 3 aromatic rings. The van der Waals surface area contributed by atoms with Crippen molar-refractivity contribution in [2.24, 2.45) is 0 Å². The molecule has 2 aliphatic heterocycles. The van der Waals surface area contributed by atoms with Crippen LogP contribution in [0.2, 0.25) is 5.02 Å². The highest BCUT2D eigenvalue weighted by Crippen LogP contribution is 2.35. The Hall–Kier alpha value is -3.96. The number of hydrogen-bond donors (Lipinski definition) is 3. The van der Waals surface area contributed by atoms with Crippen molar-refractivity contribution in [3.63, 3.8) is 0 Å². The van der Waals surface area contributed by atoms with Gasteiger partial charge in [0.05, 0.1) is 45.0 Å². The third-order valence-corrected chi connectivity index (χ3v) is 7.16. The van der Waals surface area contributed by atoms with Gasteiger partial charge < -0.3 is 40.0 Å². The van der Waals surface area contributed by atoms with E-state index in [1.165, 1.54) is 6.20 Å². The maximum Gasteiger partial charge on any atom is 0.321 e. The standard InChI is InChI=1S/C28H34ClN7O4/c1-38-24-16-20(32-28(37)36-10-4-3-5-11-36)6-8-22(24)33-27-30-18-21(29)26(34-27)31-19-7-9-23(25(17-19)39-2)35-12-14-40-15-13-35/h6-9,16-18H,3-5,10-15H2,1-2H3,(H,32,37)(H2,30,31,33,34). The molecule has 3 N–H and O–H groups in total. The summed E-state index contributed by atoms with van der Waals surface area (Å²) >= 11 is 6.43. The quantitative estimate of drug-likeness (QED) is 0.325. The lowest BCUT2D eigenvalue weighted by Crippen LogP contribution is -2.38. The molecule has 0 saturated carbocycles. The highest BCUT2D eigenvalue weighted by atomic mass is 35.5. The second-order valence-electron chi connectivity index (χ2n) is 9.52. The number of hydrogen-bond acceptors (Lipinski definition) is 9. The Morgan fingerprint density at radius 3 is 2.40 bits per heavy atom. The lowest BCUT2D eigenvalue weighted by molar-refractivity contribution is 0.122. The molecule has 0 atom stereocenters. The average Bonchev–Trinajstić information content (AvgIpc) is 3.00. The van der Waals surface area contributed by atoms with Crippen LogP contribution in [-0.2, 0) is 4.74 Å². The molecule has 12 heteroatoms. The van der Waals surface area contributed by atoms with E-state index in [0.29, 0.717) is 47.1 Å². The molecule has 2 aromatic carbocycles. The van der Waals surface area contributed by atoms with E-state index in [1.54, 1.807) is 20.3 Å². The van der Waals surface area contributed by atoms with Crippen molar-refractivity contribution in [1.82, 2.24) is 14.9 Å². The average molecular weight is 568 g/mol. The maximum atomic E-state index is 12.6. The first-order valence-electron chi connectivity index (χ1n) is 13.4. The molecule has 1 aromatic heterocycles. The predicted octanol–water partition coefficient (Wildman–Crippen LogP) is 5.49. The van der Waals surface area contributed by atoms with Gasteiger partial charge in [-0.25, -0.2) is 9.78 Å². The first-order chi connectivity index (χ1) is 19.5. The summed E-state index contributed by atoms with van der Waals surface area (Å²) in [6.07, 6.45) is 4.76. The SMILES string of the molecule is COc1cc(NC(=O)N2CCCCC2)ccc1Nc1ncc(Cl)c(Nc2ccc(N3CCOCC3)c(OC)c2)n1. The van der Waals surface area contributed by atoms with Crippen molar-refractivity contribution in [3.05, 3.63) is 47.6 Å². The molecule has 0 aliphatic carbocycles. The van der Waals surface area contributed by atoms with Crippen LogP contribution in [-0.4, -0.2) is 74.5 Å². The topological polar surface area (TPSA) is 113 Å². The van der Waals surface area contributed by atoms with Crippen LogP contribution in [0.5, 0.6) is 11.5 Å². The zero-order chi connectivity index (χ0) is 27.9. The third-order valence-electron chi connectivity index (χ3n) is 6.88. The van der Waals surface area contributed by atoms with Gasteiger partial charge in [0.1, 0.15) is 16.5 Å². The highest BCUT2D eigenvalue weighted by Gasteiger charge is 2.18. The Bertz CT molecular complexity index is 1330. The number of carbonyl (C=O) groups excluding carboxylic acids is 1. The van der Waals surface area contributed by atoms with Crippen LogP contribution < -0.4 is 30.3 Å². The number of aromatic nitrogens is 2. The number of amides is 2. The number of rotatable bonds is 8. The molecule has 40 heavy (non-hydrogen) atoms.